The van der Waals surface area contributed by atoms with E-state index in [4.69, 9.17) is 23.2 Å². The van der Waals surface area contributed by atoms with Crippen LogP contribution in [0.3, 0.4) is 0 Å². The van der Waals surface area contributed by atoms with E-state index in [9.17, 15) is 9.18 Å². The lowest BCUT2D eigenvalue weighted by atomic mass is 10.0. The minimum atomic E-state index is -0.901. The third kappa shape index (κ3) is 2.71. The van der Waals surface area contributed by atoms with Gasteiger partial charge in [-0.2, -0.15) is 0 Å². The van der Waals surface area contributed by atoms with Crippen molar-refractivity contribution in [2.24, 2.45) is 0 Å². The molecule has 2 aromatic carbocycles. The Bertz CT molecular complexity index is 569. The van der Waals surface area contributed by atoms with Crippen molar-refractivity contribution in [2.75, 3.05) is 0 Å². The number of hydrogen-bond acceptors (Lipinski definition) is 1. The molecule has 1 unspecified atom stereocenters. The number of carbonyl (C=O) groups excluding carboxylic acids is 1. The van der Waals surface area contributed by atoms with E-state index >= 15 is 0 Å². The molecule has 1 atom stereocenters. The summed E-state index contributed by atoms with van der Waals surface area (Å²) in [7, 11) is 0. The lowest BCUT2D eigenvalue weighted by molar-refractivity contribution is 0.0983. The molecular formula is C14H9Cl2FO. The largest absolute Gasteiger partial charge is 0.292 e. The van der Waals surface area contributed by atoms with Crippen LogP contribution in [0.1, 0.15) is 21.3 Å². The van der Waals surface area contributed by atoms with Crippen LogP contribution < -0.4 is 0 Å². The molecule has 0 aliphatic heterocycles. The molecule has 2 rings (SSSR count). The Balaban J connectivity index is 2.32. The van der Waals surface area contributed by atoms with Crippen molar-refractivity contribution >= 4 is 29.0 Å². The predicted molar refractivity (Wildman–Crippen MR) is 70.8 cm³/mol. The summed E-state index contributed by atoms with van der Waals surface area (Å²) in [4.78, 5) is 12.1. The van der Waals surface area contributed by atoms with E-state index < -0.39 is 17.0 Å². The topological polar surface area (TPSA) is 17.1 Å². The van der Waals surface area contributed by atoms with Gasteiger partial charge in [0, 0.05) is 5.02 Å². The third-order valence-electron chi connectivity index (χ3n) is 2.52. The van der Waals surface area contributed by atoms with Crippen molar-refractivity contribution in [1.82, 2.24) is 0 Å². The first-order chi connectivity index (χ1) is 8.59. The number of halogens is 3. The molecule has 92 valence electrons. The zero-order valence-corrected chi connectivity index (χ0v) is 10.8. The first-order valence-corrected chi connectivity index (χ1v) is 6.09. The summed E-state index contributed by atoms with van der Waals surface area (Å²) in [6.07, 6.45) is 0. The second-order valence-corrected chi connectivity index (χ2v) is 4.63. The third-order valence-corrected chi connectivity index (χ3v) is 3.20. The quantitative estimate of drug-likeness (QED) is 0.592. The molecule has 0 spiro atoms. The van der Waals surface area contributed by atoms with E-state index in [0.717, 1.165) is 6.07 Å². The average Bonchev–Trinajstić information content (AvgIpc) is 2.38. The molecule has 18 heavy (non-hydrogen) atoms. The summed E-state index contributed by atoms with van der Waals surface area (Å²) in [5.41, 5.74) is 0.585. The summed E-state index contributed by atoms with van der Waals surface area (Å²) < 4.78 is 13.6. The molecule has 2 aromatic rings. The molecule has 4 heteroatoms. The molecule has 0 N–H and O–H groups in total. The highest BCUT2D eigenvalue weighted by molar-refractivity contribution is 6.34. The summed E-state index contributed by atoms with van der Waals surface area (Å²) in [5, 5.41) is -0.656. The number of alkyl halides is 1. The van der Waals surface area contributed by atoms with E-state index in [1.165, 1.54) is 12.1 Å². The van der Waals surface area contributed by atoms with Crippen molar-refractivity contribution < 1.29 is 9.18 Å². The van der Waals surface area contributed by atoms with Gasteiger partial charge >= 0.3 is 0 Å². The number of benzene rings is 2. The second kappa shape index (κ2) is 5.51. The maximum Gasteiger partial charge on any atom is 0.188 e. The van der Waals surface area contributed by atoms with Crippen LogP contribution >= 0.6 is 23.2 Å². The Hall–Kier alpha value is -1.38. The monoisotopic (exact) mass is 282 g/mol. The Kier molecular flexibility index (Phi) is 4.00. The zero-order chi connectivity index (χ0) is 13.1. The van der Waals surface area contributed by atoms with Gasteiger partial charge in [-0.15, -0.1) is 11.6 Å². The Labute approximate surface area is 114 Å². The highest BCUT2D eigenvalue weighted by Gasteiger charge is 2.22. The molecule has 0 radical (unpaired) electrons. The van der Waals surface area contributed by atoms with Crippen LogP contribution in [-0.4, -0.2) is 5.78 Å². The van der Waals surface area contributed by atoms with Crippen molar-refractivity contribution in [3.63, 3.8) is 0 Å². The number of ketones is 1. The standard InChI is InChI=1S/C14H9Cl2FO/c15-10-6-7-11(12(17)8-10)14(18)13(16)9-4-2-1-3-5-9/h1-8,13H. The molecule has 1 nitrogen and oxygen atoms in total. The van der Waals surface area contributed by atoms with Gasteiger partial charge in [0.1, 0.15) is 11.2 Å². The fourth-order valence-electron chi connectivity index (χ4n) is 1.60. The normalized spacial score (nSPS) is 12.2. The van der Waals surface area contributed by atoms with Crippen LogP contribution in [0.5, 0.6) is 0 Å². The van der Waals surface area contributed by atoms with E-state index in [1.807, 2.05) is 6.07 Å². The van der Waals surface area contributed by atoms with Crippen LogP contribution in [0.25, 0.3) is 0 Å². The fourth-order valence-corrected chi connectivity index (χ4v) is 2.02. The number of rotatable bonds is 3. The van der Waals surface area contributed by atoms with Crippen molar-refractivity contribution in [1.29, 1.82) is 0 Å². The number of Topliss-reactive ketones (excluding diaryl/α,β-unsaturated/α-hetero) is 1. The maximum atomic E-state index is 13.6. The van der Waals surface area contributed by atoms with Crippen molar-refractivity contribution in [3.05, 3.63) is 70.5 Å². The van der Waals surface area contributed by atoms with Gasteiger partial charge < -0.3 is 0 Å². The van der Waals surface area contributed by atoms with Gasteiger partial charge in [0.05, 0.1) is 5.56 Å². The van der Waals surface area contributed by atoms with E-state index in [2.05, 4.69) is 0 Å². The van der Waals surface area contributed by atoms with Crippen molar-refractivity contribution in [3.8, 4) is 0 Å². The maximum absolute atomic E-state index is 13.6. The van der Waals surface area contributed by atoms with Gasteiger partial charge in [0.2, 0.25) is 0 Å². The van der Waals surface area contributed by atoms with Crippen LogP contribution in [0.15, 0.2) is 48.5 Å². The highest BCUT2D eigenvalue weighted by atomic mass is 35.5. The van der Waals surface area contributed by atoms with Crippen LogP contribution in [0.4, 0.5) is 4.39 Å². The molecule has 0 saturated heterocycles. The van der Waals surface area contributed by atoms with Gasteiger partial charge in [-0.1, -0.05) is 41.9 Å². The zero-order valence-electron chi connectivity index (χ0n) is 9.24. The van der Waals surface area contributed by atoms with Crippen LogP contribution in [-0.2, 0) is 0 Å². The number of hydrogen-bond donors (Lipinski definition) is 0. The minimum absolute atomic E-state index is 0.0525. The van der Waals surface area contributed by atoms with Gasteiger partial charge in [-0.3, -0.25) is 4.79 Å². The fraction of sp³-hybridized carbons (Fsp3) is 0.0714. The summed E-state index contributed by atoms with van der Waals surface area (Å²) in [6.45, 7) is 0. The van der Waals surface area contributed by atoms with Crippen molar-refractivity contribution in [2.45, 2.75) is 5.38 Å². The van der Waals surface area contributed by atoms with Gasteiger partial charge in [0.15, 0.2) is 5.78 Å². The molecule has 0 heterocycles. The Morgan fingerprint density at radius 3 is 2.39 bits per heavy atom. The second-order valence-electron chi connectivity index (χ2n) is 3.76. The molecule has 0 aromatic heterocycles. The summed E-state index contributed by atoms with van der Waals surface area (Å²) in [5.74, 6) is -1.13. The van der Waals surface area contributed by atoms with Crippen LogP contribution in [0.2, 0.25) is 5.02 Å². The molecule has 0 saturated carbocycles. The average molecular weight is 283 g/mol. The molecule has 0 aliphatic rings. The van der Waals surface area contributed by atoms with E-state index in [0.29, 0.717) is 5.56 Å². The molecule has 0 fully saturated rings. The summed E-state index contributed by atoms with van der Waals surface area (Å²) >= 11 is 11.7. The molecule has 0 aliphatic carbocycles. The lowest BCUT2D eigenvalue weighted by Gasteiger charge is -2.09. The molecule has 0 amide bonds. The predicted octanol–water partition coefficient (Wildman–Crippen LogP) is 4.64. The van der Waals surface area contributed by atoms with Gasteiger partial charge in [0.25, 0.3) is 0 Å². The minimum Gasteiger partial charge on any atom is -0.292 e. The smallest absolute Gasteiger partial charge is 0.188 e. The van der Waals surface area contributed by atoms with Gasteiger partial charge in [-0.25, -0.2) is 4.39 Å². The van der Waals surface area contributed by atoms with E-state index in [1.54, 1.807) is 24.3 Å². The molecular weight excluding hydrogens is 274 g/mol. The van der Waals surface area contributed by atoms with Crippen LogP contribution in [0, 0.1) is 5.82 Å². The number of carbonyl (C=O) groups is 1. The highest BCUT2D eigenvalue weighted by Crippen LogP contribution is 2.26. The van der Waals surface area contributed by atoms with Gasteiger partial charge in [-0.05, 0) is 23.8 Å². The first-order valence-electron chi connectivity index (χ1n) is 5.28. The lowest BCUT2D eigenvalue weighted by Crippen LogP contribution is -2.09. The summed E-state index contributed by atoms with van der Waals surface area (Å²) in [6, 6.07) is 12.7. The molecule has 0 bridgehead atoms. The van der Waals surface area contributed by atoms with E-state index in [-0.39, 0.29) is 10.6 Å². The Morgan fingerprint density at radius 2 is 1.78 bits per heavy atom. The first kappa shape index (κ1) is 13.1. The SMILES string of the molecule is O=C(c1ccc(Cl)cc1F)C(Cl)c1ccccc1. The Morgan fingerprint density at radius 1 is 1.11 bits per heavy atom.